The summed E-state index contributed by atoms with van der Waals surface area (Å²) in [5.41, 5.74) is 6.40. The Hall–Kier alpha value is -5.10. The zero-order chi connectivity index (χ0) is 29.9. The Kier molecular flexibility index (Phi) is 10.6. The molecule has 0 saturated heterocycles. The van der Waals surface area contributed by atoms with Crippen LogP contribution in [0.4, 0.5) is 5.69 Å². The van der Waals surface area contributed by atoms with Crippen molar-refractivity contribution in [2.45, 2.75) is 37.5 Å². The van der Waals surface area contributed by atoms with Crippen LogP contribution in [0.5, 0.6) is 0 Å². The van der Waals surface area contributed by atoms with Crippen LogP contribution in [0, 0.1) is 10.1 Å². The fourth-order valence-electron chi connectivity index (χ4n) is 4.25. The van der Waals surface area contributed by atoms with Crippen molar-refractivity contribution in [2.24, 2.45) is 5.73 Å². The number of nitrogens with zero attached hydrogens (tertiary/aromatic N) is 1. The van der Waals surface area contributed by atoms with E-state index >= 15 is 0 Å². The second-order valence-corrected chi connectivity index (χ2v) is 9.03. The lowest BCUT2D eigenvalue weighted by Crippen LogP contribution is -2.54. The first-order valence-corrected chi connectivity index (χ1v) is 12.7. The van der Waals surface area contributed by atoms with Crippen molar-refractivity contribution in [3.05, 3.63) is 112 Å². The van der Waals surface area contributed by atoms with Crippen LogP contribution in [0.25, 0.3) is 0 Å². The van der Waals surface area contributed by atoms with Gasteiger partial charge >= 0.3 is 5.97 Å². The van der Waals surface area contributed by atoms with Crippen LogP contribution in [0.15, 0.2) is 84.9 Å². The summed E-state index contributed by atoms with van der Waals surface area (Å²) in [6.07, 6.45) is -2.28. The van der Waals surface area contributed by atoms with Gasteiger partial charge in [-0.3, -0.25) is 29.3 Å². The van der Waals surface area contributed by atoms with E-state index in [9.17, 15) is 34.4 Å². The monoisotopic (exact) mass is 562 g/mol. The van der Waals surface area contributed by atoms with Gasteiger partial charge in [-0.2, -0.15) is 0 Å². The number of nitro benzene ring substituents is 1. The average molecular weight is 563 g/mol. The Morgan fingerprint density at radius 2 is 1.49 bits per heavy atom. The number of nitro groups is 1. The molecule has 3 aromatic rings. The number of carbonyl (C=O) groups excluding carboxylic acids is 4. The molecule has 0 heterocycles. The molecule has 0 saturated carbocycles. The number of aliphatic hydroxyl groups is 1. The highest BCUT2D eigenvalue weighted by Gasteiger charge is 2.36. The number of esters is 1. The van der Waals surface area contributed by atoms with E-state index in [1.807, 2.05) is 0 Å². The predicted molar refractivity (Wildman–Crippen MR) is 147 cm³/mol. The second kappa shape index (κ2) is 14.3. The highest BCUT2D eigenvalue weighted by molar-refractivity contribution is 5.95. The Labute approximate surface area is 235 Å². The van der Waals surface area contributed by atoms with Crippen LogP contribution in [0.2, 0.25) is 0 Å². The van der Waals surface area contributed by atoms with E-state index in [-0.39, 0.29) is 12.3 Å². The fourth-order valence-corrected chi connectivity index (χ4v) is 4.25. The minimum absolute atomic E-state index is 0.0536. The summed E-state index contributed by atoms with van der Waals surface area (Å²) >= 11 is 0. The molecular formula is C29H30N4O8. The van der Waals surface area contributed by atoms with Crippen molar-refractivity contribution in [2.75, 3.05) is 6.61 Å². The van der Waals surface area contributed by atoms with Gasteiger partial charge in [0.15, 0.2) is 6.10 Å². The molecule has 0 spiro atoms. The Morgan fingerprint density at radius 3 is 2.02 bits per heavy atom. The molecule has 5 N–H and O–H groups in total. The number of aliphatic hydroxyl groups excluding tert-OH is 1. The van der Waals surface area contributed by atoms with Crippen molar-refractivity contribution < 1.29 is 33.9 Å². The van der Waals surface area contributed by atoms with Gasteiger partial charge in [0.2, 0.25) is 5.91 Å². The number of ether oxygens (including phenoxy) is 1. The van der Waals surface area contributed by atoms with Gasteiger partial charge in [-0.05, 0) is 30.2 Å². The van der Waals surface area contributed by atoms with E-state index in [0.29, 0.717) is 16.7 Å². The molecule has 0 aliphatic rings. The van der Waals surface area contributed by atoms with Crippen LogP contribution in [0.1, 0.15) is 46.8 Å². The molecule has 12 heteroatoms. The van der Waals surface area contributed by atoms with E-state index in [4.69, 9.17) is 10.5 Å². The first kappa shape index (κ1) is 30.4. The summed E-state index contributed by atoms with van der Waals surface area (Å²) in [7, 11) is 0. The predicted octanol–water partition coefficient (Wildman–Crippen LogP) is 2.13. The van der Waals surface area contributed by atoms with Crippen LogP contribution >= 0.6 is 0 Å². The van der Waals surface area contributed by atoms with E-state index < -0.39 is 59.1 Å². The normalized spacial score (nSPS) is 13.6. The van der Waals surface area contributed by atoms with Gasteiger partial charge in [0.25, 0.3) is 17.5 Å². The lowest BCUT2D eigenvalue weighted by Gasteiger charge is -2.29. The van der Waals surface area contributed by atoms with Gasteiger partial charge in [-0.25, -0.2) is 0 Å². The molecule has 0 aromatic heterocycles. The molecule has 0 aliphatic heterocycles. The van der Waals surface area contributed by atoms with Crippen molar-refractivity contribution in [1.82, 2.24) is 10.6 Å². The molecule has 3 aromatic carbocycles. The molecule has 41 heavy (non-hydrogen) atoms. The standard InChI is InChI=1S/C29H30N4O8/c1-2-41-23(34)17-22(18-13-15-21(16-14-18)33(39)40)25(27(30)36)32-29(38)26(35)24(19-9-5-3-6-10-19)31-28(37)20-11-7-4-8-12-20/h3-16,22,24-26,35H,2,17H2,1H3,(H2,30,36)(H,31,37)(H,32,38)/t22-,24-,25+,26+/m0/s1. The third-order valence-electron chi connectivity index (χ3n) is 6.30. The molecular weight excluding hydrogens is 532 g/mol. The van der Waals surface area contributed by atoms with Crippen molar-refractivity contribution in [3.63, 3.8) is 0 Å². The maximum absolute atomic E-state index is 13.4. The number of amides is 3. The zero-order valence-corrected chi connectivity index (χ0v) is 22.1. The molecule has 0 fully saturated rings. The number of nitrogens with one attached hydrogen (secondary N) is 2. The van der Waals surface area contributed by atoms with Gasteiger partial charge < -0.3 is 26.2 Å². The summed E-state index contributed by atoms with van der Waals surface area (Å²) in [5.74, 6) is -4.41. The summed E-state index contributed by atoms with van der Waals surface area (Å²) in [6.45, 7) is 1.65. The number of primary amides is 1. The highest BCUT2D eigenvalue weighted by atomic mass is 16.6. The zero-order valence-electron chi connectivity index (χ0n) is 22.1. The van der Waals surface area contributed by atoms with Gasteiger partial charge in [0.1, 0.15) is 6.04 Å². The van der Waals surface area contributed by atoms with E-state index in [2.05, 4.69) is 10.6 Å². The number of hydrogen-bond acceptors (Lipinski definition) is 8. The first-order chi connectivity index (χ1) is 19.6. The van der Waals surface area contributed by atoms with Gasteiger partial charge in [0.05, 0.1) is 24.0 Å². The van der Waals surface area contributed by atoms with Crippen molar-refractivity contribution in [1.29, 1.82) is 0 Å². The van der Waals surface area contributed by atoms with Crippen LogP contribution < -0.4 is 16.4 Å². The number of non-ortho nitro benzene ring substituents is 1. The number of rotatable bonds is 13. The van der Waals surface area contributed by atoms with E-state index in [1.54, 1.807) is 67.6 Å². The number of hydrogen-bond donors (Lipinski definition) is 4. The smallest absolute Gasteiger partial charge is 0.306 e. The van der Waals surface area contributed by atoms with Crippen molar-refractivity contribution in [3.8, 4) is 0 Å². The Balaban J connectivity index is 1.91. The number of benzene rings is 3. The third kappa shape index (κ3) is 8.19. The second-order valence-electron chi connectivity index (χ2n) is 9.03. The molecule has 12 nitrogen and oxygen atoms in total. The topological polar surface area (TPSA) is 191 Å². The van der Waals surface area contributed by atoms with E-state index in [1.165, 1.54) is 24.3 Å². The quantitative estimate of drug-likeness (QED) is 0.138. The van der Waals surface area contributed by atoms with Gasteiger partial charge in [-0.15, -0.1) is 0 Å². The van der Waals surface area contributed by atoms with Crippen molar-refractivity contribution >= 4 is 29.4 Å². The average Bonchev–Trinajstić information content (AvgIpc) is 2.98. The molecule has 0 aliphatic carbocycles. The first-order valence-electron chi connectivity index (χ1n) is 12.7. The summed E-state index contributed by atoms with van der Waals surface area (Å²) in [4.78, 5) is 61.7. The molecule has 214 valence electrons. The van der Waals surface area contributed by atoms with E-state index in [0.717, 1.165) is 0 Å². The minimum Gasteiger partial charge on any atom is -0.466 e. The lowest BCUT2D eigenvalue weighted by molar-refractivity contribution is -0.384. The minimum atomic E-state index is -1.88. The van der Waals surface area contributed by atoms with Crippen LogP contribution in [-0.4, -0.2) is 52.5 Å². The maximum atomic E-state index is 13.4. The van der Waals surface area contributed by atoms with Crippen LogP contribution in [-0.2, 0) is 19.1 Å². The molecule has 3 amide bonds. The summed E-state index contributed by atoms with van der Waals surface area (Å²) < 4.78 is 5.01. The molecule has 3 rings (SSSR count). The summed E-state index contributed by atoms with van der Waals surface area (Å²) in [5, 5.41) is 27.3. The number of nitrogens with two attached hydrogens (primary N) is 1. The largest absolute Gasteiger partial charge is 0.466 e. The summed E-state index contributed by atoms with van der Waals surface area (Å²) in [6, 6.07) is 18.8. The Bertz CT molecular complexity index is 1370. The Morgan fingerprint density at radius 1 is 0.902 bits per heavy atom. The number of carbonyl (C=O) groups is 4. The van der Waals surface area contributed by atoms with Gasteiger partial charge in [-0.1, -0.05) is 60.7 Å². The molecule has 4 atom stereocenters. The third-order valence-corrected chi connectivity index (χ3v) is 6.30. The SMILES string of the molecule is CCOC(=O)C[C@@H](c1ccc([N+](=O)[O-])cc1)[C@@H](NC(=O)[C@H](O)[C@@H](NC(=O)c1ccccc1)c1ccccc1)C(N)=O. The lowest BCUT2D eigenvalue weighted by atomic mass is 9.87. The highest BCUT2D eigenvalue weighted by Crippen LogP contribution is 2.27. The van der Waals surface area contributed by atoms with Gasteiger partial charge in [0, 0.05) is 23.6 Å². The van der Waals surface area contributed by atoms with Crippen LogP contribution in [0.3, 0.4) is 0 Å². The maximum Gasteiger partial charge on any atom is 0.306 e. The molecule has 0 bridgehead atoms. The molecule has 0 unspecified atom stereocenters. The molecule has 0 radical (unpaired) electrons. The fraction of sp³-hybridized carbons (Fsp3) is 0.241.